The lowest BCUT2D eigenvalue weighted by Gasteiger charge is -2.04. The van der Waals surface area contributed by atoms with Gasteiger partial charge in [0, 0.05) is 11.8 Å². The van der Waals surface area contributed by atoms with E-state index in [4.69, 9.17) is 4.42 Å². The van der Waals surface area contributed by atoms with Gasteiger partial charge in [-0.15, -0.1) is 11.3 Å². The molecule has 0 spiro atoms. The number of amides is 1. The summed E-state index contributed by atoms with van der Waals surface area (Å²) in [7, 11) is 0. The molecule has 5 nitrogen and oxygen atoms in total. The molecular weight excluding hydrogens is 334 g/mol. The van der Waals surface area contributed by atoms with E-state index in [1.165, 1.54) is 11.3 Å². The Hall–Kier alpha value is -3.25. The molecule has 3 aromatic heterocycles. The molecule has 25 heavy (non-hydrogen) atoms. The minimum Gasteiger partial charge on any atom is -0.462 e. The Morgan fingerprint density at radius 2 is 1.84 bits per heavy atom. The average molecular weight is 347 g/mol. The quantitative estimate of drug-likeness (QED) is 0.580. The summed E-state index contributed by atoms with van der Waals surface area (Å²) in [5.74, 6) is 0.895. The van der Waals surface area contributed by atoms with Crippen LogP contribution >= 0.6 is 11.3 Å². The second kappa shape index (κ2) is 6.70. The molecule has 0 aliphatic heterocycles. The number of nitrogens with zero attached hydrogens (tertiary/aromatic N) is 2. The molecule has 3 heterocycles. The van der Waals surface area contributed by atoms with Crippen molar-refractivity contribution in [3.63, 3.8) is 0 Å². The number of rotatable bonds is 4. The molecule has 0 unspecified atom stereocenters. The van der Waals surface area contributed by atoms with Crippen molar-refractivity contribution in [3.05, 3.63) is 78.0 Å². The lowest BCUT2D eigenvalue weighted by molar-refractivity contribution is 0.103. The zero-order valence-corrected chi connectivity index (χ0v) is 13.9. The Bertz CT molecular complexity index is 980. The van der Waals surface area contributed by atoms with Gasteiger partial charge in [0.15, 0.2) is 10.8 Å². The topological polar surface area (TPSA) is 68.0 Å². The SMILES string of the molecule is O=C(Nc1ccccn1)c1sc(-c2ccco2)nc1-c1ccccc1. The van der Waals surface area contributed by atoms with E-state index in [1.54, 1.807) is 30.7 Å². The minimum atomic E-state index is -0.243. The van der Waals surface area contributed by atoms with Gasteiger partial charge < -0.3 is 9.73 Å². The third-order valence-corrected chi connectivity index (χ3v) is 4.59. The Morgan fingerprint density at radius 1 is 1.00 bits per heavy atom. The van der Waals surface area contributed by atoms with Crippen molar-refractivity contribution < 1.29 is 9.21 Å². The molecule has 6 heteroatoms. The van der Waals surface area contributed by atoms with Crippen LogP contribution in [0, 0.1) is 0 Å². The van der Waals surface area contributed by atoms with Crippen LogP contribution in [0.25, 0.3) is 22.0 Å². The number of aromatic nitrogens is 2. The van der Waals surface area contributed by atoms with Crippen LogP contribution in [-0.2, 0) is 0 Å². The summed E-state index contributed by atoms with van der Waals surface area (Å²) in [5, 5.41) is 3.48. The first-order valence-corrected chi connectivity index (χ1v) is 8.45. The van der Waals surface area contributed by atoms with E-state index in [-0.39, 0.29) is 5.91 Å². The first kappa shape index (κ1) is 15.3. The van der Waals surface area contributed by atoms with E-state index in [0.717, 1.165) is 5.56 Å². The molecule has 0 aliphatic rings. The van der Waals surface area contributed by atoms with E-state index < -0.39 is 0 Å². The third-order valence-electron chi connectivity index (χ3n) is 3.52. The fraction of sp³-hybridized carbons (Fsp3) is 0. The molecule has 1 aromatic carbocycles. The highest BCUT2D eigenvalue weighted by Crippen LogP contribution is 2.34. The number of carbonyl (C=O) groups excluding carboxylic acids is 1. The lowest BCUT2D eigenvalue weighted by Crippen LogP contribution is -2.12. The molecule has 1 N–H and O–H groups in total. The zero-order valence-electron chi connectivity index (χ0n) is 13.0. The van der Waals surface area contributed by atoms with Gasteiger partial charge in [-0.3, -0.25) is 4.79 Å². The fourth-order valence-electron chi connectivity index (χ4n) is 2.38. The zero-order chi connectivity index (χ0) is 17.1. The minimum absolute atomic E-state index is 0.243. The number of furan rings is 1. The van der Waals surface area contributed by atoms with E-state index in [1.807, 2.05) is 42.5 Å². The van der Waals surface area contributed by atoms with Gasteiger partial charge in [-0.05, 0) is 24.3 Å². The molecule has 1 amide bonds. The second-order valence-electron chi connectivity index (χ2n) is 5.21. The lowest BCUT2D eigenvalue weighted by atomic mass is 10.1. The number of nitrogens with one attached hydrogen (secondary N) is 1. The average Bonchev–Trinajstić information content (AvgIpc) is 3.33. The highest BCUT2D eigenvalue weighted by atomic mass is 32.1. The van der Waals surface area contributed by atoms with Crippen LogP contribution in [0.5, 0.6) is 0 Å². The summed E-state index contributed by atoms with van der Waals surface area (Å²) in [6, 6.07) is 18.6. The molecular formula is C19H13N3O2S. The molecule has 0 aliphatic carbocycles. The summed E-state index contributed by atoms with van der Waals surface area (Å²) < 4.78 is 5.43. The number of pyridine rings is 1. The smallest absolute Gasteiger partial charge is 0.269 e. The molecule has 0 atom stereocenters. The highest BCUT2D eigenvalue weighted by molar-refractivity contribution is 7.17. The molecule has 0 saturated heterocycles. The molecule has 0 bridgehead atoms. The molecule has 4 rings (SSSR count). The first-order chi connectivity index (χ1) is 12.3. The number of hydrogen-bond donors (Lipinski definition) is 1. The van der Waals surface area contributed by atoms with Gasteiger partial charge in [-0.1, -0.05) is 36.4 Å². The van der Waals surface area contributed by atoms with Crippen molar-refractivity contribution in [2.45, 2.75) is 0 Å². The molecule has 0 saturated carbocycles. The molecule has 0 radical (unpaired) electrons. The van der Waals surface area contributed by atoms with Gasteiger partial charge in [0.1, 0.15) is 10.7 Å². The number of hydrogen-bond acceptors (Lipinski definition) is 5. The van der Waals surface area contributed by atoms with Crippen LogP contribution in [0.15, 0.2) is 77.5 Å². The predicted octanol–water partition coefficient (Wildman–Crippen LogP) is 4.72. The normalized spacial score (nSPS) is 10.6. The Morgan fingerprint density at radius 3 is 2.56 bits per heavy atom. The van der Waals surface area contributed by atoms with Crippen molar-refractivity contribution in [3.8, 4) is 22.0 Å². The summed E-state index contributed by atoms with van der Waals surface area (Å²) in [6.07, 6.45) is 3.22. The Kier molecular flexibility index (Phi) is 4.10. The van der Waals surface area contributed by atoms with Crippen LogP contribution in [0.2, 0.25) is 0 Å². The van der Waals surface area contributed by atoms with E-state index >= 15 is 0 Å². The summed E-state index contributed by atoms with van der Waals surface area (Å²) in [6.45, 7) is 0. The van der Waals surface area contributed by atoms with Gasteiger partial charge in [0.05, 0.1) is 12.0 Å². The standard InChI is InChI=1S/C19H13N3O2S/c23-18(21-15-10-4-5-11-20-15)17-16(13-7-2-1-3-8-13)22-19(25-17)14-9-6-12-24-14/h1-12H,(H,20,21,23). The van der Waals surface area contributed by atoms with Gasteiger partial charge >= 0.3 is 0 Å². The van der Waals surface area contributed by atoms with Crippen molar-refractivity contribution in [1.29, 1.82) is 0 Å². The van der Waals surface area contributed by atoms with E-state index in [9.17, 15) is 4.79 Å². The largest absolute Gasteiger partial charge is 0.462 e. The number of benzene rings is 1. The number of thiazole rings is 1. The summed E-state index contributed by atoms with van der Waals surface area (Å²) in [5.41, 5.74) is 1.51. The third kappa shape index (κ3) is 3.20. The highest BCUT2D eigenvalue weighted by Gasteiger charge is 2.21. The monoisotopic (exact) mass is 347 g/mol. The van der Waals surface area contributed by atoms with Gasteiger partial charge in [0.2, 0.25) is 0 Å². The van der Waals surface area contributed by atoms with Gasteiger partial charge in [-0.2, -0.15) is 0 Å². The molecule has 4 aromatic rings. The van der Waals surface area contributed by atoms with Crippen LogP contribution in [0.1, 0.15) is 9.67 Å². The van der Waals surface area contributed by atoms with Gasteiger partial charge in [0.25, 0.3) is 5.91 Å². The second-order valence-corrected chi connectivity index (χ2v) is 6.21. The van der Waals surface area contributed by atoms with Crippen molar-refractivity contribution in [2.75, 3.05) is 5.32 Å². The van der Waals surface area contributed by atoms with E-state index in [2.05, 4.69) is 15.3 Å². The maximum absolute atomic E-state index is 12.8. The summed E-state index contributed by atoms with van der Waals surface area (Å²) >= 11 is 1.29. The van der Waals surface area contributed by atoms with E-state index in [0.29, 0.717) is 27.2 Å². The van der Waals surface area contributed by atoms with Crippen LogP contribution < -0.4 is 5.32 Å². The number of carbonyl (C=O) groups is 1. The van der Waals surface area contributed by atoms with Crippen LogP contribution in [-0.4, -0.2) is 15.9 Å². The maximum atomic E-state index is 12.8. The van der Waals surface area contributed by atoms with Crippen molar-refractivity contribution >= 4 is 23.1 Å². The Balaban J connectivity index is 1.76. The molecule has 0 fully saturated rings. The summed E-state index contributed by atoms with van der Waals surface area (Å²) in [4.78, 5) is 22.1. The van der Waals surface area contributed by atoms with Gasteiger partial charge in [-0.25, -0.2) is 9.97 Å². The number of anilines is 1. The maximum Gasteiger partial charge on any atom is 0.269 e. The van der Waals surface area contributed by atoms with Crippen LogP contribution in [0.3, 0.4) is 0 Å². The Labute approximate surface area is 148 Å². The molecule has 122 valence electrons. The van der Waals surface area contributed by atoms with Crippen LogP contribution in [0.4, 0.5) is 5.82 Å². The first-order valence-electron chi connectivity index (χ1n) is 7.64. The van der Waals surface area contributed by atoms with Crippen molar-refractivity contribution in [2.24, 2.45) is 0 Å². The fourth-order valence-corrected chi connectivity index (χ4v) is 3.33. The predicted molar refractivity (Wildman–Crippen MR) is 97.4 cm³/mol. The van der Waals surface area contributed by atoms with Crippen molar-refractivity contribution in [1.82, 2.24) is 9.97 Å².